The smallest absolute Gasteiger partial charge is 0.321 e. The topological polar surface area (TPSA) is 73.6 Å². The van der Waals surface area contributed by atoms with Crippen molar-refractivity contribution in [2.24, 2.45) is 0 Å². The number of amides is 1. The van der Waals surface area contributed by atoms with Crippen LogP contribution in [0.2, 0.25) is 0 Å². The number of aromatic nitrogens is 1. The molecule has 0 aliphatic rings. The first kappa shape index (κ1) is 23.1. The van der Waals surface area contributed by atoms with Crippen molar-refractivity contribution in [1.82, 2.24) is 4.98 Å². The summed E-state index contributed by atoms with van der Waals surface area (Å²) in [7, 11) is 0. The molecule has 5 aromatic rings. The lowest BCUT2D eigenvalue weighted by Crippen LogP contribution is -2.38. The van der Waals surface area contributed by atoms with Gasteiger partial charge in [-0.3, -0.25) is 4.79 Å². The zero-order valence-electron chi connectivity index (χ0n) is 18.2. The molecule has 35 heavy (non-hydrogen) atoms. The Bertz CT molecular complexity index is 1430. The largest absolute Gasteiger partial charge is 0.446 e. The number of hydrogen-bond donors (Lipinski definition) is 1. The maximum absolute atomic E-state index is 13.1. The van der Waals surface area contributed by atoms with Crippen LogP contribution in [0.3, 0.4) is 0 Å². The van der Waals surface area contributed by atoms with Crippen LogP contribution in [0.25, 0.3) is 22.6 Å². The van der Waals surface area contributed by atoms with Crippen molar-refractivity contribution in [2.45, 2.75) is 6.29 Å². The van der Waals surface area contributed by atoms with Crippen molar-refractivity contribution in [2.75, 3.05) is 5.32 Å². The summed E-state index contributed by atoms with van der Waals surface area (Å²) < 4.78 is 19.4. The molecule has 0 aliphatic heterocycles. The summed E-state index contributed by atoms with van der Waals surface area (Å²) in [6, 6.07) is 29.1. The van der Waals surface area contributed by atoms with Crippen LogP contribution in [0.1, 0.15) is 0 Å². The van der Waals surface area contributed by atoms with E-state index in [1.165, 1.54) is 0 Å². The predicted molar refractivity (Wildman–Crippen MR) is 141 cm³/mol. The molecule has 1 aromatic heterocycles. The van der Waals surface area contributed by atoms with Gasteiger partial charge in [-0.1, -0.05) is 52.3 Å². The van der Waals surface area contributed by atoms with Crippen LogP contribution in [0, 0.1) is 0 Å². The summed E-state index contributed by atoms with van der Waals surface area (Å²) in [6.07, 6.45) is -1.21. The lowest BCUT2D eigenvalue weighted by molar-refractivity contribution is -0.134. The average molecular weight is 594 g/mol. The third kappa shape index (κ3) is 5.55. The Morgan fingerprint density at radius 1 is 0.829 bits per heavy atom. The minimum Gasteiger partial charge on any atom is -0.446 e. The molecule has 0 unspecified atom stereocenters. The van der Waals surface area contributed by atoms with E-state index in [9.17, 15) is 4.79 Å². The summed E-state index contributed by atoms with van der Waals surface area (Å²) >= 11 is 6.99. The number of nitrogens with one attached hydrogen (secondary N) is 1. The summed E-state index contributed by atoms with van der Waals surface area (Å²) in [6.45, 7) is 0. The second kappa shape index (κ2) is 10.3. The molecule has 1 heterocycles. The monoisotopic (exact) mass is 592 g/mol. The highest BCUT2D eigenvalue weighted by molar-refractivity contribution is 9.11. The van der Waals surface area contributed by atoms with Crippen LogP contribution < -0.4 is 14.8 Å². The van der Waals surface area contributed by atoms with E-state index in [0.717, 1.165) is 14.5 Å². The van der Waals surface area contributed by atoms with E-state index >= 15 is 0 Å². The van der Waals surface area contributed by atoms with Gasteiger partial charge in [-0.2, -0.15) is 0 Å². The Kier molecular flexibility index (Phi) is 6.83. The molecule has 1 N–H and O–H groups in total. The fraction of sp³-hybridized carbons (Fsp3) is 0.0370. The molecular weight excluding hydrogens is 576 g/mol. The summed E-state index contributed by atoms with van der Waals surface area (Å²) in [5.74, 6) is 1.04. The number of ether oxygens (including phenoxy) is 2. The van der Waals surface area contributed by atoms with Gasteiger partial charge in [0, 0.05) is 14.6 Å². The van der Waals surface area contributed by atoms with E-state index in [1.54, 1.807) is 42.5 Å². The van der Waals surface area contributed by atoms with Gasteiger partial charge in [-0.05, 0) is 76.6 Å². The van der Waals surface area contributed by atoms with E-state index in [1.807, 2.05) is 54.6 Å². The van der Waals surface area contributed by atoms with E-state index in [2.05, 4.69) is 42.2 Å². The van der Waals surface area contributed by atoms with Crippen molar-refractivity contribution < 1.29 is 18.7 Å². The van der Waals surface area contributed by atoms with Crippen molar-refractivity contribution in [3.8, 4) is 23.0 Å². The number of para-hydroxylation sites is 2. The molecule has 0 fully saturated rings. The zero-order chi connectivity index (χ0) is 24.2. The number of fused-ring (bicyclic) bond motifs is 1. The lowest BCUT2D eigenvalue weighted by atomic mass is 10.2. The Balaban J connectivity index is 1.38. The van der Waals surface area contributed by atoms with Crippen molar-refractivity contribution in [3.63, 3.8) is 0 Å². The van der Waals surface area contributed by atoms with Gasteiger partial charge in [0.25, 0.3) is 0 Å². The SMILES string of the molecule is O=C(Nc1ccc2oc(-c3ccc(Br)cc3Br)nc2c1)C(Oc1ccccc1)Oc1ccccc1. The maximum Gasteiger partial charge on any atom is 0.321 e. The van der Waals surface area contributed by atoms with Crippen LogP contribution in [-0.2, 0) is 4.79 Å². The summed E-state index contributed by atoms with van der Waals surface area (Å²) in [4.78, 5) is 17.7. The number of carbonyl (C=O) groups is 1. The van der Waals surface area contributed by atoms with Crippen molar-refractivity contribution >= 4 is 54.6 Å². The zero-order valence-corrected chi connectivity index (χ0v) is 21.3. The first-order valence-electron chi connectivity index (χ1n) is 10.7. The molecule has 0 saturated carbocycles. The second-order valence-corrected chi connectivity index (χ2v) is 9.28. The van der Waals surface area contributed by atoms with Gasteiger partial charge in [0.05, 0.1) is 5.56 Å². The molecule has 0 spiro atoms. The molecule has 174 valence electrons. The molecule has 0 aliphatic carbocycles. The molecule has 0 radical (unpaired) electrons. The number of nitrogens with zero attached hydrogens (tertiary/aromatic N) is 1. The van der Waals surface area contributed by atoms with Crippen LogP contribution in [0.5, 0.6) is 11.5 Å². The quantitative estimate of drug-likeness (QED) is 0.198. The minimum atomic E-state index is -1.21. The summed E-state index contributed by atoms with van der Waals surface area (Å²) in [5.41, 5.74) is 2.57. The van der Waals surface area contributed by atoms with Gasteiger partial charge in [-0.25, -0.2) is 4.98 Å². The van der Waals surface area contributed by atoms with Crippen LogP contribution in [0.15, 0.2) is 110 Å². The molecular formula is C27H18Br2N2O4. The number of hydrogen-bond acceptors (Lipinski definition) is 5. The van der Waals surface area contributed by atoms with Crippen LogP contribution in [0.4, 0.5) is 5.69 Å². The fourth-order valence-corrected chi connectivity index (χ4v) is 4.58. The molecule has 0 saturated heterocycles. The van der Waals surface area contributed by atoms with Crippen LogP contribution >= 0.6 is 31.9 Å². The fourth-order valence-electron chi connectivity index (χ4n) is 3.36. The Labute approximate surface area is 218 Å². The molecule has 8 heteroatoms. The third-order valence-electron chi connectivity index (χ3n) is 5.00. The number of rotatable bonds is 7. The van der Waals surface area contributed by atoms with Crippen molar-refractivity contribution in [1.29, 1.82) is 0 Å². The Morgan fingerprint density at radius 3 is 2.11 bits per heavy atom. The van der Waals surface area contributed by atoms with Gasteiger partial charge < -0.3 is 19.2 Å². The van der Waals surface area contributed by atoms with Gasteiger partial charge in [0.2, 0.25) is 5.89 Å². The van der Waals surface area contributed by atoms with Gasteiger partial charge >= 0.3 is 12.2 Å². The molecule has 0 atom stereocenters. The third-order valence-corrected chi connectivity index (χ3v) is 6.15. The number of benzene rings is 4. The highest BCUT2D eigenvalue weighted by Crippen LogP contribution is 2.33. The van der Waals surface area contributed by atoms with Crippen LogP contribution in [-0.4, -0.2) is 17.2 Å². The van der Waals surface area contributed by atoms with E-state index < -0.39 is 12.2 Å². The minimum absolute atomic E-state index is 0.462. The molecule has 0 bridgehead atoms. The molecule has 6 nitrogen and oxygen atoms in total. The normalized spacial score (nSPS) is 10.9. The number of carbonyl (C=O) groups excluding carboxylic acids is 1. The highest BCUT2D eigenvalue weighted by Gasteiger charge is 2.23. The Hall–Kier alpha value is -3.62. The standard InChI is InChI=1S/C27H18Br2N2O4/c28-17-11-13-21(22(29)15-17)26-31-23-16-18(12-14-24(23)35-26)30-25(32)27(33-19-7-3-1-4-8-19)34-20-9-5-2-6-10-20/h1-16,27H,(H,30,32). The summed E-state index contributed by atoms with van der Waals surface area (Å²) in [5, 5.41) is 2.86. The lowest BCUT2D eigenvalue weighted by Gasteiger charge is -2.20. The van der Waals surface area contributed by atoms with E-state index in [-0.39, 0.29) is 0 Å². The van der Waals surface area contributed by atoms with E-state index in [0.29, 0.717) is 34.2 Å². The Morgan fingerprint density at radius 2 is 1.49 bits per heavy atom. The molecule has 4 aromatic carbocycles. The maximum atomic E-state index is 13.1. The first-order valence-corrected chi connectivity index (χ1v) is 12.2. The molecule has 5 rings (SSSR count). The number of halogens is 2. The highest BCUT2D eigenvalue weighted by atomic mass is 79.9. The first-order chi connectivity index (χ1) is 17.0. The average Bonchev–Trinajstić information content (AvgIpc) is 3.28. The van der Waals surface area contributed by atoms with Gasteiger partial charge in [0.1, 0.15) is 17.0 Å². The van der Waals surface area contributed by atoms with Crippen molar-refractivity contribution in [3.05, 3.63) is 106 Å². The van der Waals surface area contributed by atoms with Gasteiger partial charge in [-0.15, -0.1) is 0 Å². The molecule has 1 amide bonds. The van der Waals surface area contributed by atoms with Gasteiger partial charge in [0.15, 0.2) is 5.58 Å². The number of oxazole rings is 1. The number of anilines is 1. The predicted octanol–water partition coefficient (Wildman–Crippen LogP) is 7.44. The second-order valence-electron chi connectivity index (χ2n) is 7.51. The van der Waals surface area contributed by atoms with E-state index in [4.69, 9.17) is 13.9 Å².